The summed E-state index contributed by atoms with van der Waals surface area (Å²) in [7, 11) is 4.53. The Morgan fingerprint density at radius 3 is 2.29 bits per heavy atom. The Bertz CT molecular complexity index is 1170. The van der Waals surface area contributed by atoms with E-state index in [0.29, 0.717) is 45.4 Å². The van der Waals surface area contributed by atoms with Crippen LogP contribution in [0.3, 0.4) is 0 Å². The number of carbonyl (C=O) groups is 2. The van der Waals surface area contributed by atoms with Crippen LogP contribution in [-0.2, 0) is 19.1 Å². The number of benzene rings is 2. The molecule has 0 saturated carbocycles. The van der Waals surface area contributed by atoms with Gasteiger partial charge in [-0.3, -0.25) is 4.79 Å². The lowest BCUT2D eigenvalue weighted by Gasteiger charge is -2.34. The smallest absolute Gasteiger partial charge is 0.334 e. The Hall–Kier alpha value is -3.88. The summed E-state index contributed by atoms with van der Waals surface area (Å²) in [5.74, 6) is -0.537. The van der Waals surface area contributed by atoms with E-state index in [4.69, 9.17) is 33.2 Å². The maximum absolute atomic E-state index is 13.4. The van der Waals surface area contributed by atoms with Crippen molar-refractivity contribution >= 4 is 18.0 Å². The Labute approximate surface area is 203 Å². The van der Waals surface area contributed by atoms with Crippen molar-refractivity contribution in [2.75, 3.05) is 41.3 Å². The SMILES string of the molecule is CCOC(=O)C1=Cc2cc(OC)c(OC)c(OC)c2[C@@H](c2ccc3c(c2)OCO3)[C@@H]1C(=O)OCC. The highest BCUT2D eigenvalue weighted by molar-refractivity contribution is 6.02. The van der Waals surface area contributed by atoms with Crippen molar-refractivity contribution in [2.24, 2.45) is 5.92 Å². The molecular weight excluding hydrogens is 456 g/mol. The Morgan fingerprint density at radius 2 is 1.63 bits per heavy atom. The third kappa shape index (κ3) is 4.22. The van der Waals surface area contributed by atoms with Gasteiger partial charge in [0.25, 0.3) is 0 Å². The third-order valence-electron chi connectivity index (χ3n) is 6.00. The van der Waals surface area contributed by atoms with Crippen LogP contribution in [0.25, 0.3) is 6.08 Å². The zero-order chi connectivity index (χ0) is 25.1. The minimum absolute atomic E-state index is 0.101. The molecule has 2 atom stereocenters. The molecule has 1 heterocycles. The van der Waals surface area contributed by atoms with Gasteiger partial charge in [0.05, 0.1) is 40.1 Å². The van der Waals surface area contributed by atoms with E-state index < -0.39 is 23.8 Å². The van der Waals surface area contributed by atoms with Crippen LogP contribution in [0.15, 0.2) is 29.8 Å². The van der Waals surface area contributed by atoms with Gasteiger partial charge in [0.2, 0.25) is 12.5 Å². The number of esters is 2. The van der Waals surface area contributed by atoms with Gasteiger partial charge in [0.15, 0.2) is 23.0 Å². The molecule has 0 amide bonds. The average Bonchev–Trinajstić information content (AvgIpc) is 3.34. The molecule has 2 aliphatic rings. The van der Waals surface area contributed by atoms with Crippen LogP contribution in [0.4, 0.5) is 0 Å². The fourth-order valence-electron chi connectivity index (χ4n) is 4.60. The third-order valence-corrected chi connectivity index (χ3v) is 6.00. The first-order valence-corrected chi connectivity index (χ1v) is 11.3. The minimum atomic E-state index is -1.01. The van der Waals surface area contributed by atoms with Gasteiger partial charge >= 0.3 is 11.9 Å². The summed E-state index contributed by atoms with van der Waals surface area (Å²) < 4.78 is 38.7. The quantitative estimate of drug-likeness (QED) is 0.519. The van der Waals surface area contributed by atoms with E-state index in [-0.39, 0.29) is 25.6 Å². The molecule has 186 valence electrons. The van der Waals surface area contributed by atoms with Gasteiger partial charge in [-0.15, -0.1) is 0 Å². The van der Waals surface area contributed by atoms with Crippen LogP contribution in [0.1, 0.15) is 36.5 Å². The molecule has 0 radical (unpaired) electrons. The highest BCUT2D eigenvalue weighted by atomic mass is 16.7. The topological polar surface area (TPSA) is 98.8 Å². The molecule has 2 aromatic rings. The molecule has 0 N–H and O–H groups in total. The molecule has 0 fully saturated rings. The van der Waals surface area contributed by atoms with Crippen molar-refractivity contribution < 1.29 is 42.7 Å². The van der Waals surface area contributed by atoms with Crippen LogP contribution in [0.5, 0.6) is 28.7 Å². The number of ether oxygens (including phenoxy) is 7. The molecule has 0 aromatic heterocycles. The molecule has 1 aliphatic carbocycles. The average molecular weight is 485 g/mol. The van der Waals surface area contributed by atoms with E-state index in [9.17, 15) is 9.59 Å². The number of hydrogen-bond donors (Lipinski definition) is 0. The lowest BCUT2D eigenvalue weighted by Crippen LogP contribution is -2.34. The monoisotopic (exact) mass is 484 g/mol. The fraction of sp³-hybridized carbons (Fsp3) is 0.385. The van der Waals surface area contributed by atoms with Gasteiger partial charge in [0, 0.05) is 11.5 Å². The minimum Gasteiger partial charge on any atom is -0.493 e. The van der Waals surface area contributed by atoms with Gasteiger partial charge in [-0.05, 0) is 49.2 Å². The molecule has 0 saturated heterocycles. The lowest BCUT2D eigenvalue weighted by molar-refractivity contribution is -0.150. The number of hydrogen-bond acceptors (Lipinski definition) is 9. The second-order valence-corrected chi connectivity index (χ2v) is 7.79. The summed E-state index contributed by atoms with van der Waals surface area (Å²) in [5.41, 5.74) is 2.16. The second-order valence-electron chi connectivity index (χ2n) is 7.79. The van der Waals surface area contributed by atoms with E-state index in [0.717, 1.165) is 0 Å². The molecule has 0 bridgehead atoms. The van der Waals surface area contributed by atoms with Crippen LogP contribution in [-0.4, -0.2) is 53.3 Å². The van der Waals surface area contributed by atoms with E-state index in [1.165, 1.54) is 21.3 Å². The van der Waals surface area contributed by atoms with Gasteiger partial charge in [-0.1, -0.05) is 6.07 Å². The maximum Gasteiger partial charge on any atom is 0.334 e. The summed E-state index contributed by atoms with van der Waals surface area (Å²) in [6, 6.07) is 7.15. The molecule has 1 aliphatic heterocycles. The molecule has 0 unspecified atom stereocenters. The van der Waals surface area contributed by atoms with E-state index in [2.05, 4.69) is 0 Å². The molecule has 4 rings (SSSR count). The van der Waals surface area contributed by atoms with Gasteiger partial charge < -0.3 is 33.2 Å². The fourth-order valence-corrected chi connectivity index (χ4v) is 4.60. The van der Waals surface area contributed by atoms with E-state index >= 15 is 0 Å². The first-order valence-electron chi connectivity index (χ1n) is 11.3. The van der Waals surface area contributed by atoms with Crippen LogP contribution >= 0.6 is 0 Å². The van der Waals surface area contributed by atoms with E-state index in [1.807, 2.05) is 6.07 Å². The Balaban J connectivity index is 2.04. The lowest BCUT2D eigenvalue weighted by atomic mass is 9.70. The van der Waals surface area contributed by atoms with Crippen molar-refractivity contribution in [3.63, 3.8) is 0 Å². The van der Waals surface area contributed by atoms with Crippen LogP contribution in [0, 0.1) is 5.92 Å². The number of rotatable bonds is 8. The predicted molar refractivity (Wildman–Crippen MR) is 125 cm³/mol. The second kappa shape index (κ2) is 10.2. The molecule has 0 spiro atoms. The standard InChI is InChI=1S/C26H28O9/c1-6-32-25(27)16-10-15-12-19(29-3)23(30-4)24(31-5)21(15)20(22(16)26(28)33-7-2)14-8-9-17-18(11-14)35-13-34-17/h8-12,20,22H,6-7,13H2,1-5H3/t20-,22-/m1/s1. The first-order chi connectivity index (χ1) is 17.0. The maximum atomic E-state index is 13.4. The number of methoxy groups -OCH3 is 3. The van der Waals surface area contributed by atoms with Gasteiger partial charge in [-0.25, -0.2) is 4.79 Å². The van der Waals surface area contributed by atoms with E-state index in [1.54, 1.807) is 38.1 Å². The summed E-state index contributed by atoms with van der Waals surface area (Å²) in [4.78, 5) is 26.5. The molecular formula is C26H28O9. The summed E-state index contributed by atoms with van der Waals surface area (Å²) >= 11 is 0. The van der Waals surface area contributed by atoms with Crippen molar-refractivity contribution in [1.82, 2.24) is 0 Å². The molecule has 9 nitrogen and oxygen atoms in total. The Kier molecular flexibility index (Phi) is 7.04. The summed E-state index contributed by atoms with van der Waals surface area (Å²) in [5, 5.41) is 0. The van der Waals surface area contributed by atoms with Crippen molar-refractivity contribution in [1.29, 1.82) is 0 Å². The largest absolute Gasteiger partial charge is 0.493 e. The van der Waals surface area contributed by atoms with Crippen molar-refractivity contribution in [2.45, 2.75) is 19.8 Å². The molecule has 9 heteroatoms. The number of fused-ring (bicyclic) bond motifs is 2. The van der Waals surface area contributed by atoms with Gasteiger partial charge in [-0.2, -0.15) is 0 Å². The van der Waals surface area contributed by atoms with Crippen molar-refractivity contribution in [3.8, 4) is 28.7 Å². The predicted octanol–water partition coefficient (Wildman–Crippen LogP) is 3.71. The number of carbonyl (C=O) groups excluding carboxylic acids is 2. The molecule has 2 aromatic carbocycles. The van der Waals surface area contributed by atoms with Gasteiger partial charge in [0.1, 0.15) is 5.92 Å². The molecule has 35 heavy (non-hydrogen) atoms. The highest BCUT2D eigenvalue weighted by Gasteiger charge is 2.45. The Morgan fingerprint density at radius 1 is 0.914 bits per heavy atom. The van der Waals surface area contributed by atoms with Crippen LogP contribution in [0.2, 0.25) is 0 Å². The van der Waals surface area contributed by atoms with Crippen LogP contribution < -0.4 is 23.7 Å². The summed E-state index contributed by atoms with van der Waals surface area (Å²) in [6.07, 6.45) is 1.63. The highest BCUT2D eigenvalue weighted by Crippen LogP contribution is 2.54. The summed E-state index contributed by atoms with van der Waals surface area (Å²) in [6.45, 7) is 3.83. The van der Waals surface area contributed by atoms with Crippen molar-refractivity contribution in [3.05, 3.63) is 46.5 Å². The first kappa shape index (κ1) is 24.3. The zero-order valence-corrected chi connectivity index (χ0v) is 20.3. The normalized spacial score (nSPS) is 17.7. The zero-order valence-electron chi connectivity index (χ0n) is 20.3.